The van der Waals surface area contributed by atoms with E-state index in [1.54, 1.807) is 0 Å². The van der Waals surface area contributed by atoms with Gasteiger partial charge in [0.25, 0.3) is 0 Å². The van der Waals surface area contributed by atoms with Gasteiger partial charge in [0, 0.05) is 4.88 Å². The highest BCUT2D eigenvalue weighted by Crippen LogP contribution is 2.19. The van der Waals surface area contributed by atoms with E-state index in [2.05, 4.69) is 31.4 Å². The van der Waals surface area contributed by atoms with E-state index in [1.807, 2.05) is 11.3 Å². The third kappa shape index (κ3) is 3.92. The van der Waals surface area contributed by atoms with Crippen LogP contribution in [0.15, 0.2) is 17.5 Å². The van der Waals surface area contributed by atoms with E-state index < -0.39 is 0 Å². The molecule has 2 heteroatoms. The second-order valence-corrected chi connectivity index (χ2v) is 5.05. The zero-order valence-electron chi connectivity index (χ0n) is 8.49. The molecule has 0 spiro atoms. The summed E-state index contributed by atoms with van der Waals surface area (Å²) in [7, 11) is 0. The van der Waals surface area contributed by atoms with Crippen LogP contribution in [0, 0.1) is 11.8 Å². The summed E-state index contributed by atoms with van der Waals surface area (Å²) >= 11 is 1.84. The van der Waals surface area contributed by atoms with Gasteiger partial charge in [-0.05, 0) is 42.7 Å². The maximum Gasteiger partial charge on any atom is 0.00484 e. The standard InChI is InChI=1S/C11H19NS/c1-9(2)6-10(8-12)7-11-4-3-5-13-11/h3-5,9-10H,6-8,12H2,1-2H3. The minimum Gasteiger partial charge on any atom is -0.330 e. The number of hydrogen-bond acceptors (Lipinski definition) is 2. The van der Waals surface area contributed by atoms with Gasteiger partial charge in [0.1, 0.15) is 0 Å². The van der Waals surface area contributed by atoms with Crippen molar-refractivity contribution in [3.8, 4) is 0 Å². The zero-order chi connectivity index (χ0) is 9.68. The summed E-state index contributed by atoms with van der Waals surface area (Å²) in [5, 5.41) is 2.14. The SMILES string of the molecule is CC(C)CC(CN)Cc1cccs1. The summed E-state index contributed by atoms with van der Waals surface area (Å²) in [5.41, 5.74) is 5.74. The molecule has 0 bridgehead atoms. The lowest BCUT2D eigenvalue weighted by Gasteiger charge is -2.15. The molecular weight excluding hydrogens is 178 g/mol. The van der Waals surface area contributed by atoms with Gasteiger partial charge in [-0.15, -0.1) is 11.3 Å². The molecular formula is C11H19NS. The van der Waals surface area contributed by atoms with Crippen LogP contribution in [0.25, 0.3) is 0 Å². The first-order valence-electron chi connectivity index (χ1n) is 4.94. The Morgan fingerprint density at radius 3 is 2.69 bits per heavy atom. The van der Waals surface area contributed by atoms with Crippen LogP contribution >= 0.6 is 11.3 Å². The predicted octanol–water partition coefficient (Wildman–Crippen LogP) is 2.91. The lowest BCUT2D eigenvalue weighted by Crippen LogP contribution is -2.18. The largest absolute Gasteiger partial charge is 0.330 e. The fourth-order valence-corrected chi connectivity index (χ4v) is 2.46. The molecule has 2 N–H and O–H groups in total. The first-order chi connectivity index (χ1) is 6.22. The monoisotopic (exact) mass is 197 g/mol. The fraction of sp³-hybridized carbons (Fsp3) is 0.636. The number of nitrogens with two attached hydrogens (primary N) is 1. The molecule has 74 valence electrons. The van der Waals surface area contributed by atoms with Gasteiger partial charge in [-0.1, -0.05) is 19.9 Å². The molecule has 0 aliphatic rings. The minimum absolute atomic E-state index is 0.665. The van der Waals surface area contributed by atoms with E-state index in [9.17, 15) is 0 Å². The van der Waals surface area contributed by atoms with Crippen LogP contribution in [0.1, 0.15) is 25.1 Å². The summed E-state index contributed by atoms with van der Waals surface area (Å²) in [5.74, 6) is 1.42. The van der Waals surface area contributed by atoms with Crippen molar-refractivity contribution in [1.29, 1.82) is 0 Å². The molecule has 1 atom stereocenters. The molecule has 0 aliphatic heterocycles. The van der Waals surface area contributed by atoms with Gasteiger partial charge in [-0.25, -0.2) is 0 Å². The molecule has 0 aromatic carbocycles. The fourth-order valence-electron chi connectivity index (χ4n) is 1.64. The summed E-state index contributed by atoms with van der Waals surface area (Å²) in [6.07, 6.45) is 2.40. The second-order valence-electron chi connectivity index (χ2n) is 4.01. The normalized spacial score (nSPS) is 13.5. The first kappa shape index (κ1) is 10.7. The minimum atomic E-state index is 0.665. The van der Waals surface area contributed by atoms with Crippen LogP contribution in [0.3, 0.4) is 0 Å². The topological polar surface area (TPSA) is 26.0 Å². The van der Waals surface area contributed by atoms with Gasteiger partial charge in [0.05, 0.1) is 0 Å². The van der Waals surface area contributed by atoms with Crippen molar-refractivity contribution >= 4 is 11.3 Å². The Bertz CT molecular complexity index is 216. The Balaban J connectivity index is 2.40. The molecule has 0 amide bonds. The van der Waals surface area contributed by atoms with E-state index in [-0.39, 0.29) is 0 Å². The molecule has 0 fully saturated rings. The molecule has 1 aromatic rings. The Morgan fingerprint density at radius 1 is 1.46 bits per heavy atom. The molecule has 13 heavy (non-hydrogen) atoms. The van der Waals surface area contributed by atoms with Gasteiger partial charge in [0.2, 0.25) is 0 Å². The van der Waals surface area contributed by atoms with Crippen molar-refractivity contribution < 1.29 is 0 Å². The second kappa shape index (κ2) is 5.40. The van der Waals surface area contributed by atoms with Crippen molar-refractivity contribution in [1.82, 2.24) is 0 Å². The van der Waals surface area contributed by atoms with E-state index in [0.717, 1.165) is 18.9 Å². The van der Waals surface area contributed by atoms with E-state index in [1.165, 1.54) is 11.3 Å². The zero-order valence-corrected chi connectivity index (χ0v) is 9.31. The lowest BCUT2D eigenvalue weighted by molar-refractivity contribution is 0.417. The number of rotatable bonds is 5. The van der Waals surface area contributed by atoms with Crippen molar-refractivity contribution in [2.24, 2.45) is 17.6 Å². The number of thiophene rings is 1. The molecule has 0 aliphatic carbocycles. The molecule has 1 nitrogen and oxygen atoms in total. The third-order valence-electron chi connectivity index (χ3n) is 2.21. The van der Waals surface area contributed by atoms with Crippen LogP contribution in [-0.4, -0.2) is 6.54 Å². The van der Waals surface area contributed by atoms with Crippen LogP contribution in [0.4, 0.5) is 0 Å². The molecule has 0 saturated heterocycles. The van der Waals surface area contributed by atoms with Crippen LogP contribution in [0.5, 0.6) is 0 Å². The Labute approximate surface area is 85.0 Å². The summed E-state index contributed by atoms with van der Waals surface area (Å²) in [6, 6.07) is 4.32. The maximum atomic E-state index is 5.74. The summed E-state index contributed by atoms with van der Waals surface area (Å²) in [4.78, 5) is 1.47. The van der Waals surface area contributed by atoms with Crippen LogP contribution in [0.2, 0.25) is 0 Å². The van der Waals surface area contributed by atoms with Gasteiger partial charge in [-0.3, -0.25) is 0 Å². The van der Waals surface area contributed by atoms with Crippen molar-refractivity contribution in [3.63, 3.8) is 0 Å². The third-order valence-corrected chi connectivity index (χ3v) is 3.11. The predicted molar refractivity (Wildman–Crippen MR) is 60.0 cm³/mol. The molecule has 0 radical (unpaired) electrons. The van der Waals surface area contributed by atoms with Gasteiger partial charge >= 0.3 is 0 Å². The Kier molecular flexibility index (Phi) is 4.46. The smallest absolute Gasteiger partial charge is 0.00484 e. The molecule has 1 unspecified atom stereocenters. The van der Waals surface area contributed by atoms with Crippen LogP contribution in [-0.2, 0) is 6.42 Å². The molecule has 1 aromatic heterocycles. The Hall–Kier alpha value is -0.340. The van der Waals surface area contributed by atoms with Crippen LogP contribution < -0.4 is 5.73 Å². The van der Waals surface area contributed by atoms with Gasteiger partial charge in [0.15, 0.2) is 0 Å². The average Bonchev–Trinajstić information content (AvgIpc) is 2.55. The van der Waals surface area contributed by atoms with E-state index in [0.29, 0.717) is 5.92 Å². The molecule has 1 heterocycles. The van der Waals surface area contributed by atoms with Crippen molar-refractivity contribution in [2.45, 2.75) is 26.7 Å². The number of hydrogen-bond donors (Lipinski definition) is 1. The highest BCUT2D eigenvalue weighted by atomic mass is 32.1. The summed E-state index contributed by atoms with van der Waals surface area (Å²) in [6.45, 7) is 5.34. The lowest BCUT2D eigenvalue weighted by atomic mass is 9.94. The average molecular weight is 197 g/mol. The van der Waals surface area contributed by atoms with Crippen molar-refractivity contribution in [3.05, 3.63) is 22.4 Å². The van der Waals surface area contributed by atoms with Gasteiger partial charge in [-0.2, -0.15) is 0 Å². The highest BCUT2D eigenvalue weighted by molar-refractivity contribution is 7.09. The highest BCUT2D eigenvalue weighted by Gasteiger charge is 2.10. The van der Waals surface area contributed by atoms with Crippen molar-refractivity contribution in [2.75, 3.05) is 6.54 Å². The molecule has 1 rings (SSSR count). The van der Waals surface area contributed by atoms with Gasteiger partial charge < -0.3 is 5.73 Å². The summed E-state index contributed by atoms with van der Waals surface area (Å²) < 4.78 is 0. The quantitative estimate of drug-likeness (QED) is 0.771. The van der Waals surface area contributed by atoms with E-state index >= 15 is 0 Å². The Morgan fingerprint density at radius 2 is 2.23 bits per heavy atom. The molecule has 0 saturated carbocycles. The maximum absolute atomic E-state index is 5.74. The first-order valence-corrected chi connectivity index (χ1v) is 5.82. The van der Waals surface area contributed by atoms with E-state index in [4.69, 9.17) is 5.73 Å².